The molecule has 0 bridgehead atoms. The molecular formula is C21H21Cl2Sb. The summed E-state index contributed by atoms with van der Waals surface area (Å²) >= 11 is -4.53. The average Bonchev–Trinajstić information content (AvgIpc) is 2.55. The summed E-state index contributed by atoms with van der Waals surface area (Å²) in [6.07, 6.45) is 0. The minimum absolute atomic E-state index is 1.06. The number of rotatable bonds is 3. The summed E-state index contributed by atoms with van der Waals surface area (Å²) in [5.74, 6) is 0. The first-order chi connectivity index (χ1) is 11.3. The van der Waals surface area contributed by atoms with Gasteiger partial charge in [0, 0.05) is 0 Å². The normalized spacial score (nSPS) is 13.3. The number of hydrogen-bond acceptors (Lipinski definition) is 0. The fourth-order valence-electron chi connectivity index (χ4n) is 3.06. The Morgan fingerprint density at radius 2 is 0.833 bits per heavy atom. The Hall–Kier alpha value is -0.942. The molecule has 0 saturated heterocycles. The molecule has 0 atom stereocenters. The molecule has 124 valence electrons. The van der Waals surface area contributed by atoms with Gasteiger partial charge in [0.15, 0.2) is 0 Å². The molecule has 24 heavy (non-hydrogen) atoms. The maximum absolute atomic E-state index is 7.55. The first-order valence-electron chi connectivity index (χ1n) is 7.97. The van der Waals surface area contributed by atoms with Gasteiger partial charge in [-0.3, -0.25) is 0 Å². The van der Waals surface area contributed by atoms with Crippen LogP contribution in [0, 0.1) is 20.8 Å². The van der Waals surface area contributed by atoms with Crippen LogP contribution in [0.25, 0.3) is 0 Å². The fourth-order valence-corrected chi connectivity index (χ4v) is 16.5. The Morgan fingerprint density at radius 3 is 1.08 bits per heavy atom. The number of aryl methyl sites for hydroxylation is 3. The van der Waals surface area contributed by atoms with Crippen LogP contribution in [0.4, 0.5) is 0 Å². The van der Waals surface area contributed by atoms with Crippen molar-refractivity contribution < 1.29 is 0 Å². The van der Waals surface area contributed by atoms with Crippen LogP contribution in [0.1, 0.15) is 16.7 Å². The van der Waals surface area contributed by atoms with Crippen LogP contribution in [-0.2, 0) is 0 Å². The second kappa shape index (κ2) is 6.41. The third-order valence-electron chi connectivity index (χ3n) is 4.37. The van der Waals surface area contributed by atoms with Crippen LogP contribution in [0.3, 0.4) is 0 Å². The van der Waals surface area contributed by atoms with E-state index in [2.05, 4.69) is 75.4 Å². The van der Waals surface area contributed by atoms with Crippen molar-refractivity contribution in [3.05, 3.63) is 89.5 Å². The van der Waals surface area contributed by atoms with Crippen LogP contribution in [0.15, 0.2) is 72.8 Å². The van der Waals surface area contributed by atoms with Gasteiger partial charge in [-0.25, -0.2) is 0 Å². The molecule has 0 unspecified atom stereocenters. The van der Waals surface area contributed by atoms with Gasteiger partial charge in [0.1, 0.15) is 0 Å². The number of benzene rings is 3. The molecule has 0 N–H and O–H groups in total. The summed E-state index contributed by atoms with van der Waals surface area (Å²) in [7, 11) is 15.1. The molecule has 3 rings (SSSR count). The second-order valence-corrected chi connectivity index (χ2v) is 26.3. The van der Waals surface area contributed by atoms with Gasteiger partial charge < -0.3 is 0 Å². The van der Waals surface area contributed by atoms with Crippen molar-refractivity contribution in [3.63, 3.8) is 0 Å². The predicted octanol–water partition coefficient (Wildman–Crippen LogP) is 4.51. The average molecular weight is 466 g/mol. The summed E-state index contributed by atoms with van der Waals surface area (Å²) in [5.41, 5.74) is 3.52. The van der Waals surface area contributed by atoms with Gasteiger partial charge in [0.2, 0.25) is 0 Å². The van der Waals surface area contributed by atoms with Crippen molar-refractivity contribution in [2.24, 2.45) is 0 Å². The molecule has 0 spiro atoms. The van der Waals surface area contributed by atoms with E-state index in [4.69, 9.17) is 17.7 Å². The third-order valence-corrected chi connectivity index (χ3v) is 22.4. The zero-order valence-corrected chi connectivity index (χ0v) is 18.2. The predicted molar refractivity (Wildman–Crippen MR) is 110 cm³/mol. The molecule has 3 heteroatoms. The Kier molecular flexibility index (Phi) is 4.77. The van der Waals surface area contributed by atoms with Crippen LogP contribution in [-0.4, -0.2) is 15.1 Å². The molecule has 0 radical (unpaired) electrons. The van der Waals surface area contributed by atoms with Crippen LogP contribution in [0.2, 0.25) is 0 Å². The molecule has 3 aromatic rings. The van der Waals surface area contributed by atoms with Crippen molar-refractivity contribution in [2.45, 2.75) is 20.8 Å². The molecule has 0 aliphatic rings. The quantitative estimate of drug-likeness (QED) is 0.499. The summed E-state index contributed by atoms with van der Waals surface area (Å²) in [6.45, 7) is 6.24. The van der Waals surface area contributed by atoms with Crippen LogP contribution in [0.5, 0.6) is 0 Å². The van der Waals surface area contributed by atoms with Gasteiger partial charge in [-0.2, -0.15) is 0 Å². The summed E-state index contributed by atoms with van der Waals surface area (Å²) in [4.78, 5) is 0. The Labute approximate surface area is 152 Å². The van der Waals surface area contributed by atoms with Crippen LogP contribution < -0.4 is 10.5 Å². The first-order valence-corrected chi connectivity index (χ1v) is 18.3. The van der Waals surface area contributed by atoms with E-state index < -0.39 is 15.1 Å². The van der Waals surface area contributed by atoms with E-state index in [1.54, 1.807) is 0 Å². The van der Waals surface area contributed by atoms with Crippen molar-refractivity contribution in [1.29, 1.82) is 0 Å². The van der Waals surface area contributed by atoms with Crippen molar-refractivity contribution in [1.82, 2.24) is 0 Å². The number of halogens is 2. The molecule has 0 aliphatic heterocycles. The van der Waals surface area contributed by atoms with Gasteiger partial charge in [-0.15, -0.1) is 0 Å². The Balaban J connectivity index is 2.41. The molecular weight excluding hydrogens is 445 g/mol. The molecule has 3 aromatic carbocycles. The van der Waals surface area contributed by atoms with E-state index in [1.807, 2.05) is 18.2 Å². The number of hydrogen-bond donors (Lipinski definition) is 0. The standard InChI is InChI=1S/3C7H7.2ClH.Sb/c3*1-7-5-3-2-4-6-7;;;/h3*2-3,5-6H,1H3;2*1H;/q;;;;;+2/p-2. The molecule has 0 fully saturated rings. The van der Waals surface area contributed by atoms with Crippen LogP contribution >= 0.6 is 17.7 Å². The minimum atomic E-state index is -4.53. The van der Waals surface area contributed by atoms with Gasteiger partial charge in [0.05, 0.1) is 0 Å². The summed E-state index contributed by atoms with van der Waals surface area (Å²) < 4.78 is 3.17. The molecule has 0 amide bonds. The zero-order chi connectivity index (χ0) is 17.4. The molecule has 0 nitrogen and oxygen atoms in total. The SMILES string of the molecule is Cc1ccc[c]([Sb]([Cl])([Cl])([c]2cccc(C)c2)[c]2cccc(C)c2)c1. The second-order valence-electron chi connectivity index (χ2n) is 6.42. The van der Waals surface area contributed by atoms with E-state index in [9.17, 15) is 0 Å². The first kappa shape index (κ1) is 17.9. The van der Waals surface area contributed by atoms with E-state index in [-0.39, 0.29) is 0 Å². The molecule has 0 aliphatic carbocycles. The van der Waals surface area contributed by atoms with Gasteiger partial charge in [-0.05, 0) is 0 Å². The van der Waals surface area contributed by atoms with Crippen molar-refractivity contribution >= 4 is 43.3 Å². The van der Waals surface area contributed by atoms with E-state index in [1.165, 1.54) is 16.7 Å². The molecule has 0 saturated carbocycles. The van der Waals surface area contributed by atoms with E-state index in [0.29, 0.717) is 0 Å². The summed E-state index contributed by atoms with van der Waals surface area (Å²) in [6, 6.07) is 25.1. The maximum atomic E-state index is 7.55. The topological polar surface area (TPSA) is 0 Å². The molecule has 0 heterocycles. The Bertz CT molecular complexity index is 782. The van der Waals surface area contributed by atoms with Gasteiger partial charge in [-0.1, -0.05) is 0 Å². The third kappa shape index (κ3) is 3.01. The van der Waals surface area contributed by atoms with E-state index in [0.717, 1.165) is 10.5 Å². The van der Waals surface area contributed by atoms with Gasteiger partial charge in [0.25, 0.3) is 0 Å². The van der Waals surface area contributed by atoms with Gasteiger partial charge >= 0.3 is 154 Å². The van der Waals surface area contributed by atoms with Crippen molar-refractivity contribution in [2.75, 3.05) is 0 Å². The fraction of sp³-hybridized carbons (Fsp3) is 0.143. The van der Waals surface area contributed by atoms with E-state index >= 15 is 0 Å². The van der Waals surface area contributed by atoms with Crippen molar-refractivity contribution in [3.8, 4) is 0 Å². The zero-order valence-electron chi connectivity index (χ0n) is 14.1. The molecule has 0 aromatic heterocycles. The summed E-state index contributed by atoms with van der Waals surface area (Å²) in [5, 5.41) is 0. The monoisotopic (exact) mass is 464 g/mol. The Morgan fingerprint density at radius 1 is 0.542 bits per heavy atom.